The van der Waals surface area contributed by atoms with Gasteiger partial charge >= 0.3 is 5.97 Å². The molecule has 0 aliphatic heterocycles. The van der Waals surface area contributed by atoms with E-state index in [9.17, 15) is 9.59 Å². The van der Waals surface area contributed by atoms with Gasteiger partial charge in [0, 0.05) is 0 Å². The fourth-order valence-electron chi connectivity index (χ4n) is 2.09. The van der Waals surface area contributed by atoms with Crippen LogP contribution in [0.4, 0.5) is 0 Å². The number of ether oxygens (including phenoxy) is 1. The maximum absolute atomic E-state index is 12.4. The van der Waals surface area contributed by atoms with Crippen LogP contribution in [-0.4, -0.2) is 30.6 Å². The maximum atomic E-state index is 12.4. The van der Waals surface area contributed by atoms with Gasteiger partial charge in [-0.1, -0.05) is 61.7 Å². The molecule has 5 nitrogen and oxygen atoms in total. The first-order valence-electron chi connectivity index (χ1n) is 8.18. The average Bonchev–Trinajstić information content (AvgIpc) is 2.62. The minimum absolute atomic E-state index is 0.0737. The summed E-state index contributed by atoms with van der Waals surface area (Å²) in [4.78, 5) is 24.3. The third kappa shape index (κ3) is 7.63. The second-order valence-corrected chi connectivity index (χ2v) is 5.66. The number of carbonyl (C=O) groups excluding carboxylic acids is 2. The number of hydrogen-bond acceptors (Lipinski definition) is 4. The second-order valence-electron chi connectivity index (χ2n) is 5.66. The Morgan fingerprint density at radius 3 is 2.52 bits per heavy atom. The molecule has 3 N–H and O–H groups in total. The normalized spacial score (nSPS) is 13.4. The van der Waals surface area contributed by atoms with E-state index in [0.717, 1.165) is 11.1 Å². The first-order chi connectivity index (χ1) is 12.0. The van der Waals surface area contributed by atoms with Crippen LogP contribution in [0.2, 0.25) is 0 Å². The standard InChI is InChI=1S/C20H26N2O3/c1-4-9-16(5-2)14-25-20(24)18(22-19(23)15(3)21)13-12-17-10-7-6-8-11-17/h4-11,15,18H,1-2,12-14,21H2,3H3,(H,22,23)/b16-9+/t15?,18-/m0/s1. The van der Waals surface area contributed by atoms with E-state index < -0.39 is 18.1 Å². The van der Waals surface area contributed by atoms with E-state index in [0.29, 0.717) is 12.8 Å². The zero-order valence-electron chi connectivity index (χ0n) is 14.6. The van der Waals surface area contributed by atoms with Gasteiger partial charge in [0.2, 0.25) is 5.91 Å². The summed E-state index contributed by atoms with van der Waals surface area (Å²) in [6, 6.07) is 8.27. The Bertz CT molecular complexity index is 621. The number of aryl methyl sites for hydroxylation is 1. The predicted octanol–water partition coefficient (Wildman–Crippen LogP) is 2.29. The molecule has 0 aliphatic carbocycles. The summed E-state index contributed by atoms with van der Waals surface area (Å²) in [7, 11) is 0. The molecule has 1 rings (SSSR count). The summed E-state index contributed by atoms with van der Waals surface area (Å²) in [6.45, 7) is 8.89. The van der Waals surface area contributed by atoms with Gasteiger partial charge in [-0.25, -0.2) is 4.79 Å². The molecule has 0 saturated carbocycles. The number of nitrogens with one attached hydrogen (secondary N) is 1. The van der Waals surface area contributed by atoms with Crippen LogP contribution in [0.15, 0.2) is 67.3 Å². The highest BCUT2D eigenvalue weighted by atomic mass is 16.5. The lowest BCUT2D eigenvalue weighted by Crippen LogP contribution is -2.48. The number of amides is 1. The van der Waals surface area contributed by atoms with Crippen molar-refractivity contribution in [1.29, 1.82) is 0 Å². The number of hydrogen-bond donors (Lipinski definition) is 2. The summed E-state index contributed by atoms with van der Waals surface area (Å²) < 4.78 is 5.30. The Balaban J connectivity index is 2.73. The smallest absolute Gasteiger partial charge is 0.328 e. The lowest BCUT2D eigenvalue weighted by atomic mass is 10.0. The van der Waals surface area contributed by atoms with Gasteiger partial charge in [0.25, 0.3) is 0 Å². The van der Waals surface area contributed by atoms with Crippen LogP contribution in [0, 0.1) is 0 Å². The topological polar surface area (TPSA) is 81.4 Å². The Hall–Kier alpha value is -2.66. The third-order valence-corrected chi connectivity index (χ3v) is 3.55. The molecule has 0 heterocycles. The maximum Gasteiger partial charge on any atom is 0.328 e. The van der Waals surface area contributed by atoms with Crippen molar-refractivity contribution in [1.82, 2.24) is 5.32 Å². The molecule has 1 unspecified atom stereocenters. The fourth-order valence-corrected chi connectivity index (χ4v) is 2.09. The zero-order chi connectivity index (χ0) is 18.7. The average molecular weight is 342 g/mol. The summed E-state index contributed by atoms with van der Waals surface area (Å²) in [5.41, 5.74) is 7.38. The minimum atomic E-state index is -0.756. The fraction of sp³-hybridized carbons (Fsp3) is 0.300. The zero-order valence-corrected chi connectivity index (χ0v) is 14.6. The van der Waals surface area contributed by atoms with Gasteiger partial charge in [-0.05, 0) is 30.9 Å². The molecule has 25 heavy (non-hydrogen) atoms. The van der Waals surface area contributed by atoms with Gasteiger partial charge in [0.15, 0.2) is 0 Å². The van der Waals surface area contributed by atoms with Crippen molar-refractivity contribution in [2.75, 3.05) is 6.61 Å². The van der Waals surface area contributed by atoms with Gasteiger partial charge in [0.1, 0.15) is 12.6 Å². The predicted molar refractivity (Wildman–Crippen MR) is 99.8 cm³/mol. The Morgan fingerprint density at radius 1 is 1.28 bits per heavy atom. The molecule has 0 spiro atoms. The van der Waals surface area contributed by atoms with Crippen molar-refractivity contribution in [3.05, 3.63) is 72.9 Å². The number of esters is 1. The monoisotopic (exact) mass is 342 g/mol. The first kappa shape index (κ1) is 20.4. The van der Waals surface area contributed by atoms with Gasteiger partial charge in [-0.15, -0.1) is 0 Å². The summed E-state index contributed by atoms with van der Waals surface area (Å²) in [5.74, 6) is -0.887. The highest BCUT2D eigenvalue weighted by molar-refractivity contribution is 5.87. The molecule has 1 aromatic rings. The van der Waals surface area contributed by atoms with E-state index in [1.165, 1.54) is 0 Å². The third-order valence-electron chi connectivity index (χ3n) is 3.55. The van der Waals surface area contributed by atoms with E-state index in [1.54, 1.807) is 25.2 Å². The largest absolute Gasteiger partial charge is 0.459 e. The molecule has 0 fully saturated rings. The molecule has 0 saturated heterocycles. The van der Waals surface area contributed by atoms with E-state index in [4.69, 9.17) is 10.5 Å². The highest BCUT2D eigenvalue weighted by Gasteiger charge is 2.23. The second kappa shape index (κ2) is 11.0. The molecule has 134 valence electrons. The van der Waals surface area contributed by atoms with E-state index >= 15 is 0 Å². The number of nitrogens with two attached hydrogens (primary N) is 1. The lowest BCUT2D eigenvalue weighted by Gasteiger charge is -2.19. The number of benzene rings is 1. The van der Waals surface area contributed by atoms with Crippen LogP contribution in [0.3, 0.4) is 0 Å². The molecule has 0 aliphatic rings. The van der Waals surface area contributed by atoms with Crippen molar-refractivity contribution in [2.45, 2.75) is 31.8 Å². The van der Waals surface area contributed by atoms with Crippen LogP contribution in [-0.2, 0) is 20.7 Å². The number of allylic oxidation sites excluding steroid dienone is 2. The van der Waals surface area contributed by atoms with E-state index in [-0.39, 0.29) is 12.5 Å². The minimum Gasteiger partial charge on any atom is -0.459 e. The van der Waals surface area contributed by atoms with Crippen LogP contribution in [0.5, 0.6) is 0 Å². The van der Waals surface area contributed by atoms with Gasteiger partial charge in [-0.2, -0.15) is 0 Å². The van der Waals surface area contributed by atoms with Crippen molar-refractivity contribution in [3.63, 3.8) is 0 Å². The molecular formula is C20H26N2O3. The summed E-state index contributed by atoms with van der Waals surface area (Å²) in [6.07, 6.45) is 5.95. The molecule has 0 aromatic heterocycles. The molecule has 1 aromatic carbocycles. The number of rotatable bonds is 10. The highest BCUT2D eigenvalue weighted by Crippen LogP contribution is 2.08. The summed E-state index contributed by atoms with van der Waals surface area (Å²) >= 11 is 0. The molecular weight excluding hydrogens is 316 g/mol. The summed E-state index contributed by atoms with van der Waals surface area (Å²) in [5, 5.41) is 2.66. The first-order valence-corrected chi connectivity index (χ1v) is 8.18. The molecule has 2 atom stereocenters. The van der Waals surface area contributed by atoms with Crippen molar-refractivity contribution in [2.24, 2.45) is 5.73 Å². The Morgan fingerprint density at radius 2 is 1.96 bits per heavy atom. The van der Waals surface area contributed by atoms with Crippen molar-refractivity contribution < 1.29 is 14.3 Å². The van der Waals surface area contributed by atoms with Gasteiger partial charge in [-0.3, -0.25) is 4.79 Å². The van der Waals surface area contributed by atoms with Crippen molar-refractivity contribution in [3.8, 4) is 0 Å². The quantitative estimate of drug-likeness (QED) is 0.505. The van der Waals surface area contributed by atoms with Crippen LogP contribution < -0.4 is 11.1 Å². The number of carbonyl (C=O) groups is 2. The van der Waals surface area contributed by atoms with E-state index in [1.807, 2.05) is 30.3 Å². The Kier molecular flexibility index (Phi) is 8.96. The molecule has 0 bridgehead atoms. The van der Waals surface area contributed by atoms with Crippen LogP contribution in [0.25, 0.3) is 0 Å². The van der Waals surface area contributed by atoms with E-state index in [2.05, 4.69) is 18.5 Å². The van der Waals surface area contributed by atoms with Gasteiger partial charge in [0.05, 0.1) is 6.04 Å². The van der Waals surface area contributed by atoms with Crippen LogP contribution in [0.1, 0.15) is 18.9 Å². The van der Waals surface area contributed by atoms with Crippen LogP contribution >= 0.6 is 0 Å². The van der Waals surface area contributed by atoms with Crippen molar-refractivity contribution >= 4 is 11.9 Å². The molecule has 5 heteroatoms. The van der Waals surface area contributed by atoms with Gasteiger partial charge < -0.3 is 15.8 Å². The molecule has 1 amide bonds. The molecule has 0 radical (unpaired) electrons. The lowest BCUT2D eigenvalue weighted by molar-refractivity contribution is -0.147. The SMILES string of the molecule is C=C/C=C(\C=C)COC(=O)[C@H](CCc1ccccc1)NC(=O)C(C)N. The Labute approximate surface area is 149 Å².